The number of aliphatic hydroxyl groups excluding tert-OH is 1. The molecule has 0 aliphatic carbocycles. The molecule has 1 aliphatic rings. The molecule has 3 aromatic rings. The predicted molar refractivity (Wildman–Crippen MR) is 128 cm³/mol. The summed E-state index contributed by atoms with van der Waals surface area (Å²) in [5, 5.41) is 21.6. The highest BCUT2D eigenvalue weighted by molar-refractivity contribution is 6.51. The maximum atomic E-state index is 13.2. The van der Waals surface area contributed by atoms with Crippen molar-refractivity contribution >= 4 is 23.1 Å². The average molecular weight is 459 g/mol. The van der Waals surface area contributed by atoms with Crippen LogP contribution in [0.15, 0.2) is 78.4 Å². The van der Waals surface area contributed by atoms with Crippen molar-refractivity contribution in [2.24, 2.45) is 0 Å². The highest BCUT2D eigenvalue weighted by atomic mass is 16.5. The van der Waals surface area contributed by atoms with Gasteiger partial charge in [-0.05, 0) is 67.9 Å². The minimum absolute atomic E-state index is 0.0154. The number of amides is 1. The molecule has 1 fully saturated rings. The van der Waals surface area contributed by atoms with E-state index in [1.807, 2.05) is 13.8 Å². The first-order chi connectivity index (χ1) is 16.3. The van der Waals surface area contributed by atoms with Gasteiger partial charge in [0.1, 0.15) is 23.0 Å². The summed E-state index contributed by atoms with van der Waals surface area (Å²) < 4.78 is 10.9. The summed E-state index contributed by atoms with van der Waals surface area (Å²) in [5.74, 6) is -0.934. The number of rotatable bonds is 6. The number of phenols is 1. The molecule has 1 aliphatic heterocycles. The maximum Gasteiger partial charge on any atom is 0.300 e. The van der Waals surface area contributed by atoms with Gasteiger partial charge in [0.15, 0.2) is 0 Å². The summed E-state index contributed by atoms with van der Waals surface area (Å²) in [6.45, 7) is 3.81. The molecule has 174 valence electrons. The Morgan fingerprint density at radius 3 is 2.12 bits per heavy atom. The molecule has 34 heavy (non-hydrogen) atoms. The summed E-state index contributed by atoms with van der Waals surface area (Å²) in [6.07, 6.45) is -0.0154. The Hall–Kier alpha value is -4.26. The molecule has 3 aromatic carbocycles. The monoisotopic (exact) mass is 459 g/mol. The van der Waals surface area contributed by atoms with Crippen molar-refractivity contribution in [2.75, 3.05) is 12.0 Å². The maximum absolute atomic E-state index is 13.2. The molecule has 7 nitrogen and oxygen atoms in total. The van der Waals surface area contributed by atoms with Crippen LogP contribution in [-0.4, -0.2) is 35.1 Å². The lowest BCUT2D eigenvalue weighted by molar-refractivity contribution is -0.132. The van der Waals surface area contributed by atoms with Crippen LogP contribution in [-0.2, 0) is 9.59 Å². The normalized spacial score (nSPS) is 17.3. The molecular formula is C27H25NO6. The third kappa shape index (κ3) is 4.20. The topological polar surface area (TPSA) is 96.3 Å². The summed E-state index contributed by atoms with van der Waals surface area (Å²) in [4.78, 5) is 27.6. The van der Waals surface area contributed by atoms with Gasteiger partial charge in [0.05, 0.1) is 30.5 Å². The molecule has 1 saturated heterocycles. The van der Waals surface area contributed by atoms with Gasteiger partial charge in [-0.1, -0.05) is 24.3 Å². The first kappa shape index (κ1) is 22.9. The summed E-state index contributed by atoms with van der Waals surface area (Å²) in [7, 11) is 1.54. The zero-order valence-corrected chi connectivity index (χ0v) is 19.1. The number of ketones is 1. The zero-order chi connectivity index (χ0) is 24.4. The number of aromatic hydroxyl groups is 1. The highest BCUT2D eigenvalue weighted by Crippen LogP contribution is 2.44. The number of ether oxygens (including phenoxy) is 2. The van der Waals surface area contributed by atoms with Crippen molar-refractivity contribution in [1.82, 2.24) is 0 Å². The van der Waals surface area contributed by atoms with Gasteiger partial charge in [0.2, 0.25) is 0 Å². The molecule has 4 rings (SSSR count). The molecule has 1 atom stereocenters. The number of carbonyl (C=O) groups excluding carboxylic acids is 2. The Labute approximate surface area is 197 Å². The van der Waals surface area contributed by atoms with E-state index in [9.17, 15) is 19.8 Å². The fourth-order valence-electron chi connectivity index (χ4n) is 3.97. The molecule has 7 heteroatoms. The fraction of sp³-hybridized carbons (Fsp3) is 0.185. The first-order valence-corrected chi connectivity index (χ1v) is 10.8. The molecule has 0 aromatic heterocycles. The number of phenolic OH excluding ortho intramolecular Hbond substituents is 1. The highest BCUT2D eigenvalue weighted by Gasteiger charge is 2.47. The number of para-hydroxylation sites is 2. The van der Waals surface area contributed by atoms with Gasteiger partial charge in [-0.15, -0.1) is 0 Å². The summed E-state index contributed by atoms with van der Waals surface area (Å²) in [6, 6.07) is 18.8. The third-order valence-electron chi connectivity index (χ3n) is 5.52. The number of Topliss-reactive ketones (excluding diaryl/α,β-unsaturated/α-hetero) is 1. The second kappa shape index (κ2) is 9.31. The van der Waals surface area contributed by atoms with Crippen LogP contribution in [0.5, 0.6) is 17.2 Å². The molecule has 0 bridgehead atoms. The number of methoxy groups -OCH3 is 1. The molecule has 0 saturated carbocycles. The quantitative estimate of drug-likeness (QED) is 0.312. The summed E-state index contributed by atoms with van der Waals surface area (Å²) in [5.41, 5.74) is 1.04. The van der Waals surface area contributed by atoms with E-state index in [-0.39, 0.29) is 28.9 Å². The molecule has 0 spiro atoms. The van der Waals surface area contributed by atoms with Crippen molar-refractivity contribution in [3.63, 3.8) is 0 Å². The van der Waals surface area contributed by atoms with E-state index in [0.29, 0.717) is 22.6 Å². The number of hydrogen-bond donors (Lipinski definition) is 2. The van der Waals surface area contributed by atoms with E-state index >= 15 is 0 Å². The number of hydrogen-bond acceptors (Lipinski definition) is 6. The van der Waals surface area contributed by atoms with Crippen LogP contribution in [0.4, 0.5) is 5.69 Å². The van der Waals surface area contributed by atoms with Crippen LogP contribution in [0.1, 0.15) is 31.0 Å². The minimum Gasteiger partial charge on any atom is -0.507 e. The van der Waals surface area contributed by atoms with Crippen LogP contribution in [0, 0.1) is 0 Å². The molecule has 0 radical (unpaired) electrons. The van der Waals surface area contributed by atoms with E-state index in [2.05, 4.69) is 0 Å². The Balaban J connectivity index is 1.87. The third-order valence-corrected chi connectivity index (χ3v) is 5.52. The molecule has 1 unspecified atom stereocenters. The largest absolute Gasteiger partial charge is 0.507 e. The lowest BCUT2D eigenvalue weighted by atomic mass is 9.95. The zero-order valence-electron chi connectivity index (χ0n) is 19.1. The van der Waals surface area contributed by atoms with Crippen LogP contribution >= 0.6 is 0 Å². The molecule has 1 heterocycles. The van der Waals surface area contributed by atoms with E-state index < -0.39 is 17.7 Å². The standard InChI is InChI=1S/C27H25NO6/c1-16(2)34-20-14-10-18(11-15-20)25(30)23-24(17-8-12-19(33-3)13-9-17)28(27(32)26(23)31)21-6-4-5-7-22(21)29/h4-16,24,29-30H,1-3H3/b25-23+. The fourth-order valence-corrected chi connectivity index (χ4v) is 3.97. The van der Waals surface area contributed by atoms with Crippen molar-refractivity contribution in [3.8, 4) is 17.2 Å². The lowest BCUT2D eigenvalue weighted by Crippen LogP contribution is -2.29. The van der Waals surface area contributed by atoms with Crippen LogP contribution in [0.3, 0.4) is 0 Å². The minimum atomic E-state index is -0.953. The smallest absolute Gasteiger partial charge is 0.300 e. The average Bonchev–Trinajstić information content (AvgIpc) is 3.09. The van der Waals surface area contributed by atoms with Gasteiger partial charge in [-0.3, -0.25) is 14.5 Å². The van der Waals surface area contributed by atoms with Crippen molar-refractivity contribution in [1.29, 1.82) is 0 Å². The lowest BCUT2D eigenvalue weighted by Gasteiger charge is -2.26. The van der Waals surface area contributed by atoms with E-state index in [1.54, 1.807) is 66.7 Å². The number of anilines is 1. The Morgan fingerprint density at radius 1 is 0.912 bits per heavy atom. The number of carbonyl (C=O) groups is 2. The first-order valence-electron chi connectivity index (χ1n) is 10.8. The van der Waals surface area contributed by atoms with E-state index in [1.165, 1.54) is 18.1 Å². The number of aliphatic hydroxyl groups is 1. The Bertz CT molecular complexity index is 1240. The van der Waals surface area contributed by atoms with Crippen LogP contribution in [0.2, 0.25) is 0 Å². The molecular weight excluding hydrogens is 434 g/mol. The van der Waals surface area contributed by atoms with Crippen molar-refractivity contribution in [2.45, 2.75) is 26.0 Å². The summed E-state index contributed by atoms with van der Waals surface area (Å²) >= 11 is 0. The van der Waals surface area contributed by atoms with E-state index in [0.717, 1.165) is 0 Å². The second-order valence-electron chi connectivity index (χ2n) is 8.12. The Morgan fingerprint density at radius 2 is 1.53 bits per heavy atom. The van der Waals surface area contributed by atoms with Crippen molar-refractivity contribution in [3.05, 3.63) is 89.5 Å². The van der Waals surface area contributed by atoms with Gasteiger partial charge in [-0.2, -0.15) is 0 Å². The predicted octanol–water partition coefficient (Wildman–Crippen LogP) is 4.81. The van der Waals surface area contributed by atoms with Crippen LogP contribution < -0.4 is 14.4 Å². The van der Waals surface area contributed by atoms with Gasteiger partial charge in [-0.25, -0.2) is 0 Å². The molecule has 1 amide bonds. The van der Waals surface area contributed by atoms with Crippen LogP contribution in [0.25, 0.3) is 5.76 Å². The van der Waals surface area contributed by atoms with Gasteiger partial charge in [0.25, 0.3) is 11.7 Å². The second-order valence-corrected chi connectivity index (χ2v) is 8.12. The van der Waals surface area contributed by atoms with Crippen molar-refractivity contribution < 1.29 is 29.3 Å². The van der Waals surface area contributed by atoms with Gasteiger partial charge in [0, 0.05) is 5.56 Å². The molecule has 2 N–H and O–H groups in total. The number of benzene rings is 3. The van der Waals surface area contributed by atoms with Gasteiger partial charge >= 0.3 is 0 Å². The van der Waals surface area contributed by atoms with E-state index in [4.69, 9.17) is 9.47 Å². The SMILES string of the molecule is COc1ccc(C2/C(=C(\O)c3ccc(OC(C)C)cc3)C(=O)C(=O)N2c2ccccc2O)cc1. The Kier molecular flexibility index (Phi) is 6.27. The number of nitrogens with zero attached hydrogens (tertiary/aromatic N) is 1. The van der Waals surface area contributed by atoms with Gasteiger partial charge < -0.3 is 19.7 Å².